The molecule has 2 aromatic rings. The molecule has 6 nitrogen and oxygen atoms in total. The molecule has 0 saturated heterocycles. The number of carbonyl (C=O) groups excluding carboxylic acids is 2. The summed E-state index contributed by atoms with van der Waals surface area (Å²) >= 11 is 0. The number of hydrogen-bond acceptors (Lipinski definition) is 3. The van der Waals surface area contributed by atoms with Crippen LogP contribution < -0.4 is 11.1 Å². The van der Waals surface area contributed by atoms with E-state index in [4.69, 9.17) is 5.73 Å². The Balaban J connectivity index is 2.35. The van der Waals surface area contributed by atoms with Crippen LogP contribution in [0.25, 0.3) is 10.9 Å². The second-order valence-corrected chi connectivity index (χ2v) is 3.64. The van der Waals surface area contributed by atoms with Gasteiger partial charge >= 0.3 is 0 Å². The van der Waals surface area contributed by atoms with Gasteiger partial charge in [-0.3, -0.25) is 14.3 Å². The minimum Gasteiger partial charge on any atom is -0.368 e. The van der Waals surface area contributed by atoms with Gasteiger partial charge in [-0.1, -0.05) is 18.2 Å². The molecule has 1 aromatic heterocycles. The molecule has 0 unspecified atom stereocenters. The standard InChI is InChI=1S/C11H12N4O2/c1-15-8-5-3-2-4-7(8)10(14-15)11(17)13-6-9(12)16/h2-5H,6H2,1H3,(H2,12,16)(H,13,17). The second kappa shape index (κ2) is 4.25. The minimum atomic E-state index is -0.585. The van der Waals surface area contributed by atoms with E-state index in [0.29, 0.717) is 5.69 Å². The van der Waals surface area contributed by atoms with Crippen LogP contribution in [0.2, 0.25) is 0 Å². The Kier molecular flexibility index (Phi) is 2.78. The molecule has 0 aliphatic carbocycles. The van der Waals surface area contributed by atoms with E-state index in [2.05, 4.69) is 10.4 Å². The first-order valence-electron chi connectivity index (χ1n) is 5.08. The summed E-state index contributed by atoms with van der Waals surface area (Å²) in [5.41, 5.74) is 6.11. The van der Waals surface area contributed by atoms with Gasteiger partial charge in [0.05, 0.1) is 12.1 Å². The highest BCUT2D eigenvalue weighted by Gasteiger charge is 2.15. The number of rotatable bonds is 3. The average Bonchev–Trinajstić information content (AvgIpc) is 2.65. The summed E-state index contributed by atoms with van der Waals surface area (Å²) in [6.45, 7) is -0.191. The zero-order chi connectivity index (χ0) is 12.4. The predicted molar refractivity (Wildman–Crippen MR) is 62.2 cm³/mol. The van der Waals surface area contributed by atoms with Crippen LogP contribution in [0.1, 0.15) is 10.5 Å². The maximum atomic E-state index is 11.8. The summed E-state index contributed by atoms with van der Waals surface area (Å²) in [5.74, 6) is -0.987. The van der Waals surface area contributed by atoms with Gasteiger partial charge in [0, 0.05) is 12.4 Å². The third kappa shape index (κ3) is 2.10. The number of nitrogens with two attached hydrogens (primary N) is 1. The quantitative estimate of drug-likeness (QED) is 0.767. The van der Waals surface area contributed by atoms with E-state index in [-0.39, 0.29) is 6.54 Å². The molecule has 3 N–H and O–H groups in total. The first-order valence-corrected chi connectivity index (χ1v) is 5.08. The minimum absolute atomic E-state index is 0.191. The van der Waals surface area contributed by atoms with Gasteiger partial charge in [-0.2, -0.15) is 5.10 Å². The second-order valence-electron chi connectivity index (χ2n) is 3.64. The number of carbonyl (C=O) groups is 2. The van der Waals surface area contributed by atoms with Gasteiger partial charge in [-0.25, -0.2) is 0 Å². The molecule has 0 aliphatic heterocycles. The lowest BCUT2D eigenvalue weighted by Gasteiger charge is -1.99. The first kappa shape index (κ1) is 11.1. The number of aryl methyl sites for hydroxylation is 1. The van der Waals surface area contributed by atoms with E-state index >= 15 is 0 Å². The molecule has 0 spiro atoms. The average molecular weight is 232 g/mol. The molecule has 0 radical (unpaired) electrons. The van der Waals surface area contributed by atoms with Gasteiger partial charge in [-0.15, -0.1) is 0 Å². The van der Waals surface area contributed by atoms with Gasteiger partial charge in [0.15, 0.2) is 5.69 Å². The van der Waals surface area contributed by atoms with E-state index in [1.165, 1.54) is 0 Å². The zero-order valence-corrected chi connectivity index (χ0v) is 9.30. The fourth-order valence-corrected chi connectivity index (χ4v) is 1.63. The van der Waals surface area contributed by atoms with Crippen molar-refractivity contribution in [1.29, 1.82) is 0 Å². The largest absolute Gasteiger partial charge is 0.368 e. The summed E-state index contributed by atoms with van der Waals surface area (Å²) in [4.78, 5) is 22.4. The molecule has 0 atom stereocenters. The van der Waals surface area contributed by atoms with E-state index < -0.39 is 11.8 Å². The van der Waals surface area contributed by atoms with Gasteiger partial charge in [0.25, 0.3) is 5.91 Å². The Labute approximate surface area is 97.4 Å². The lowest BCUT2D eigenvalue weighted by Crippen LogP contribution is -2.33. The highest BCUT2D eigenvalue weighted by atomic mass is 16.2. The van der Waals surface area contributed by atoms with Crippen molar-refractivity contribution in [1.82, 2.24) is 15.1 Å². The number of amides is 2. The molecule has 6 heteroatoms. The smallest absolute Gasteiger partial charge is 0.272 e. The van der Waals surface area contributed by atoms with Crippen molar-refractivity contribution in [2.75, 3.05) is 6.54 Å². The number of hydrogen-bond donors (Lipinski definition) is 2. The maximum absolute atomic E-state index is 11.8. The third-order valence-electron chi connectivity index (χ3n) is 2.40. The molecular formula is C11H12N4O2. The number of nitrogens with one attached hydrogen (secondary N) is 1. The zero-order valence-electron chi connectivity index (χ0n) is 9.30. The van der Waals surface area contributed by atoms with Crippen molar-refractivity contribution in [3.63, 3.8) is 0 Å². The van der Waals surface area contributed by atoms with E-state index in [9.17, 15) is 9.59 Å². The van der Waals surface area contributed by atoms with Crippen LogP contribution in [-0.4, -0.2) is 28.1 Å². The molecular weight excluding hydrogens is 220 g/mol. The molecule has 2 rings (SSSR count). The van der Waals surface area contributed by atoms with Crippen molar-refractivity contribution in [2.45, 2.75) is 0 Å². The number of aromatic nitrogens is 2. The highest BCUT2D eigenvalue weighted by Crippen LogP contribution is 2.16. The van der Waals surface area contributed by atoms with E-state index in [1.54, 1.807) is 11.7 Å². The molecule has 0 saturated carbocycles. The van der Waals surface area contributed by atoms with Crippen molar-refractivity contribution in [2.24, 2.45) is 12.8 Å². The van der Waals surface area contributed by atoms with Crippen LogP contribution >= 0.6 is 0 Å². The van der Waals surface area contributed by atoms with Crippen LogP contribution in [0.4, 0.5) is 0 Å². The molecule has 1 aromatic carbocycles. The Morgan fingerprint density at radius 2 is 2.12 bits per heavy atom. The summed E-state index contributed by atoms with van der Waals surface area (Å²) in [7, 11) is 1.76. The van der Waals surface area contributed by atoms with Crippen LogP contribution in [0.5, 0.6) is 0 Å². The topological polar surface area (TPSA) is 90.0 Å². The monoisotopic (exact) mass is 232 g/mol. The van der Waals surface area contributed by atoms with Crippen LogP contribution in [-0.2, 0) is 11.8 Å². The number of benzene rings is 1. The number of para-hydroxylation sites is 1. The fourth-order valence-electron chi connectivity index (χ4n) is 1.63. The SMILES string of the molecule is Cn1nc(C(=O)NCC(N)=O)c2ccccc21. The van der Waals surface area contributed by atoms with Crippen molar-refractivity contribution in [3.05, 3.63) is 30.0 Å². The molecule has 88 valence electrons. The van der Waals surface area contributed by atoms with Gasteiger partial charge < -0.3 is 11.1 Å². The predicted octanol–water partition coefficient (Wildman–Crippen LogP) is -0.212. The van der Waals surface area contributed by atoms with Crippen LogP contribution in [0.3, 0.4) is 0 Å². The maximum Gasteiger partial charge on any atom is 0.272 e. The summed E-state index contributed by atoms with van der Waals surface area (Å²) in [6, 6.07) is 7.37. The summed E-state index contributed by atoms with van der Waals surface area (Å²) in [5, 5.41) is 7.28. The highest BCUT2D eigenvalue weighted by molar-refractivity contribution is 6.05. The molecule has 17 heavy (non-hydrogen) atoms. The lowest BCUT2D eigenvalue weighted by atomic mass is 10.2. The van der Waals surface area contributed by atoms with Crippen molar-refractivity contribution < 1.29 is 9.59 Å². The Morgan fingerprint density at radius 1 is 1.41 bits per heavy atom. The molecule has 0 aliphatic rings. The van der Waals surface area contributed by atoms with E-state index in [0.717, 1.165) is 10.9 Å². The van der Waals surface area contributed by atoms with Gasteiger partial charge in [-0.05, 0) is 6.07 Å². The van der Waals surface area contributed by atoms with E-state index in [1.807, 2.05) is 24.3 Å². The fraction of sp³-hybridized carbons (Fsp3) is 0.182. The molecule has 0 bridgehead atoms. The normalized spacial score (nSPS) is 10.4. The lowest BCUT2D eigenvalue weighted by molar-refractivity contribution is -0.117. The molecule has 1 heterocycles. The van der Waals surface area contributed by atoms with Gasteiger partial charge in [0.1, 0.15) is 0 Å². The summed E-state index contributed by atoms with van der Waals surface area (Å²) in [6.07, 6.45) is 0. The van der Waals surface area contributed by atoms with Crippen molar-refractivity contribution in [3.8, 4) is 0 Å². The number of nitrogens with zero attached hydrogens (tertiary/aromatic N) is 2. The molecule has 0 fully saturated rings. The number of fused-ring (bicyclic) bond motifs is 1. The summed E-state index contributed by atoms with van der Waals surface area (Å²) < 4.78 is 1.62. The van der Waals surface area contributed by atoms with Crippen molar-refractivity contribution >= 4 is 22.7 Å². The first-order chi connectivity index (χ1) is 8.09. The Morgan fingerprint density at radius 3 is 2.82 bits per heavy atom. The Bertz CT molecular complexity index is 588. The van der Waals surface area contributed by atoms with Gasteiger partial charge in [0.2, 0.25) is 5.91 Å². The molecule has 2 amide bonds. The van der Waals surface area contributed by atoms with Crippen LogP contribution in [0.15, 0.2) is 24.3 Å². The Hall–Kier alpha value is -2.37. The van der Waals surface area contributed by atoms with Crippen LogP contribution in [0, 0.1) is 0 Å². The third-order valence-corrected chi connectivity index (χ3v) is 2.40. The number of primary amides is 1.